The molecule has 86 valence electrons. The Kier molecular flexibility index (Phi) is 8.43. The van der Waals surface area contributed by atoms with Crippen LogP contribution in [0.2, 0.25) is 0 Å². The van der Waals surface area contributed by atoms with Gasteiger partial charge in [0, 0.05) is 28.3 Å². The predicted molar refractivity (Wildman–Crippen MR) is 63.9 cm³/mol. The second-order valence-electron chi connectivity index (χ2n) is 3.50. The van der Waals surface area contributed by atoms with Crippen molar-refractivity contribution in [2.24, 2.45) is 5.73 Å². The Hall–Kier alpha value is 0.0700. The molecule has 0 aliphatic carbocycles. The molecule has 0 aromatic carbocycles. The molecular formula is C10H24N2OS. The lowest BCUT2D eigenvalue weighted by Gasteiger charge is -2.18. The smallest absolute Gasteiger partial charge is 0.0365 e. The molecule has 0 saturated carbocycles. The normalized spacial score (nSPS) is 15.8. The Bertz CT molecular complexity index is 160. The fourth-order valence-corrected chi connectivity index (χ4v) is 2.57. The Morgan fingerprint density at radius 2 is 1.93 bits per heavy atom. The topological polar surface area (TPSA) is 46.3 Å². The van der Waals surface area contributed by atoms with Crippen molar-refractivity contribution in [3.8, 4) is 0 Å². The molecule has 0 aromatic heterocycles. The van der Waals surface area contributed by atoms with E-state index >= 15 is 0 Å². The van der Waals surface area contributed by atoms with E-state index in [1.807, 2.05) is 6.92 Å². The monoisotopic (exact) mass is 220 g/mol. The number of hydrogen-bond donors (Lipinski definition) is 1. The molecule has 2 unspecified atom stereocenters. The molecule has 14 heavy (non-hydrogen) atoms. The van der Waals surface area contributed by atoms with Gasteiger partial charge in [-0.2, -0.15) is 0 Å². The van der Waals surface area contributed by atoms with E-state index in [2.05, 4.69) is 18.7 Å². The lowest BCUT2D eigenvalue weighted by Crippen LogP contribution is -2.30. The summed E-state index contributed by atoms with van der Waals surface area (Å²) in [4.78, 5) is 2.30. The van der Waals surface area contributed by atoms with E-state index in [1.54, 1.807) is 0 Å². The molecule has 0 aliphatic rings. The van der Waals surface area contributed by atoms with Gasteiger partial charge in [-0.3, -0.25) is 4.21 Å². The van der Waals surface area contributed by atoms with Gasteiger partial charge in [-0.15, -0.1) is 0 Å². The minimum absolute atomic E-state index is 0.246. The van der Waals surface area contributed by atoms with E-state index in [9.17, 15) is 4.21 Å². The molecular weight excluding hydrogens is 196 g/mol. The first-order chi connectivity index (χ1) is 6.65. The van der Waals surface area contributed by atoms with Gasteiger partial charge < -0.3 is 10.6 Å². The highest BCUT2D eigenvalue weighted by Crippen LogP contribution is 2.01. The van der Waals surface area contributed by atoms with Gasteiger partial charge in [0.2, 0.25) is 0 Å². The highest BCUT2D eigenvalue weighted by molar-refractivity contribution is 7.85. The fourth-order valence-electron chi connectivity index (χ4n) is 1.33. The van der Waals surface area contributed by atoms with Crippen LogP contribution in [0.3, 0.4) is 0 Å². The third-order valence-electron chi connectivity index (χ3n) is 2.53. The summed E-state index contributed by atoms with van der Waals surface area (Å²) >= 11 is 0. The van der Waals surface area contributed by atoms with Crippen LogP contribution in [0.1, 0.15) is 27.2 Å². The molecule has 0 saturated heterocycles. The minimum Gasteiger partial charge on any atom is -0.330 e. The molecule has 0 rings (SSSR count). The van der Waals surface area contributed by atoms with Crippen LogP contribution in [0.5, 0.6) is 0 Å². The highest BCUT2D eigenvalue weighted by Gasteiger charge is 2.10. The average molecular weight is 220 g/mol. The van der Waals surface area contributed by atoms with Crippen LogP contribution in [0.15, 0.2) is 0 Å². The molecule has 0 aromatic rings. The molecule has 0 radical (unpaired) electrons. The fraction of sp³-hybridized carbons (Fsp3) is 1.00. The Labute approximate surface area is 90.5 Å². The SMILES string of the molecule is CCN(CC)CCS(=O)C(C)CCN. The number of hydrogen-bond acceptors (Lipinski definition) is 3. The summed E-state index contributed by atoms with van der Waals surface area (Å²) in [5.74, 6) is 0.781. The van der Waals surface area contributed by atoms with E-state index in [0.717, 1.165) is 31.8 Å². The molecule has 0 fully saturated rings. The highest BCUT2D eigenvalue weighted by atomic mass is 32.2. The largest absolute Gasteiger partial charge is 0.330 e. The maximum absolute atomic E-state index is 11.7. The molecule has 0 aliphatic heterocycles. The molecule has 0 spiro atoms. The second-order valence-corrected chi connectivity index (χ2v) is 5.47. The number of nitrogens with two attached hydrogens (primary N) is 1. The average Bonchev–Trinajstić information content (AvgIpc) is 2.19. The van der Waals surface area contributed by atoms with Crippen LogP contribution in [0.25, 0.3) is 0 Å². The van der Waals surface area contributed by atoms with Crippen molar-refractivity contribution in [2.75, 3.05) is 31.9 Å². The Balaban J connectivity index is 3.71. The van der Waals surface area contributed by atoms with Gasteiger partial charge in [0.15, 0.2) is 0 Å². The maximum atomic E-state index is 11.7. The van der Waals surface area contributed by atoms with E-state index in [1.165, 1.54) is 0 Å². The van der Waals surface area contributed by atoms with Gasteiger partial charge in [0.05, 0.1) is 0 Å². The molecule has 2 atom stereocenters. The van der Waals surface area contributed by atoms with E-state index in [0.29, 0.717) is 6.54 Å². The van der Waals surface area contributed by atoms with Gasteiger partial charge in [0.1, 0.15) is 0 Å². The first-order valence-electron chi connectivity index (χ1n) is 5.45. The zero-order chi connectivity index (χ0) is 11.0. The van der Waals surface area contributed by atoms with Crippen molar-refractivity contribution >= 4 is 10.8 Å². The van der Waals surface area contributed by atoms with Crippen LogP contribution in [-0.2, 0) is 10.8 Å². The van der Waals surface area contributed by atoms with Crippen LogP contribution >= 0.6 is 0 Å². The summed E-state index contributed by atoms with van der Waals surface area (Å²) in [5.41, 5.74) is 5.43. The Morgan fingerprint density at radius 3 is 2.36 bits per heavy atom. The minimum atomic E-state index is -0.710. The lowest BCUT2D eigenvalue weighted by molar-refractivity contribution is 0.323. The molecule has 0 bridgehead atoms. The third-order valence-corrected chi connectivity index (χ3v) is 4.24. The third kappa shape index (κ3) is 5.73. The first kappa shape index (κ1) is 14.1. The van der Waals surface area contributed by atoms with Crippen molar-refractivity contribution in [1.29, 1.82) is 0 Å². The predicted octanol–water partition coefficient (Wildman–Crippen LogP) is 0.814. The van der Waals surface area contributed by atoms with Gasteiger partial charge in [0.25, 0.3) is 0 Å². The quantitative estimate of drug-likeness (QED) is 0.658. The number of rotatable bonds is 8. The van der Waals surface area contributed by atoms with Gasteiger partial charge in [-0.1, -0.05) is 20.8 Å². The summed E-state index contributed by atoms with van der Waals surface area (Å²) in [5, 5.41) is 0.246. The van der Waals surface area contributed by atoms with E-state index in [-0.39, 0.29) is 5.25 Å². The molecule has 4 heteroatoms. The zero-order valence-corrected chi connectivity index (χ0v) is 10.5. The van der Waals surface area contributed by atoms with Crippen molar-refractivity contribution in [1.82, 2.24) is 4.90 Å². The maximum Gasteiger partial charge on any atom is 0.0365 e. The van der Waals surface area contributed by atoms with Crippen molar-refractivity contribution in [3.63, 3.8) is 0 Å². The zero-order valence-electron chi connectivity index (χ0n) is 9.66. The van der Waals surface area contributed by atoms with Crippen LogP contribution in [0.4, 0.5) is 0 Å². The summed E-state index contributed by atoms with van der Waals surface area (Å²) in [6.07, 6.45) is 0.866. The summed E-state index contributed by atoms with van der Waals surface area (Å²) in [7, 11) is -0.710. The van der Waals surface area contributed by atoms with E-state index < -0.39 is 10.8 Å². The van der Waals surface area contributed by atoms with Crippen molar-refractivity contribution in [2.45, 2.75) is 32.4 Å². The van der Waals surface area contributed by atoms with Gasteiger partial charge in [-0.25, -0.2) is 0 Å². The molecule has 0 amide bonds. The van der Waals surface area contributed by atoms with Crippen LogP contribution < -0.4 is 5.73 Å². The molecule has 2 N–H and O–H groups in total. The molecule has 0 heterocycles. The second kappa shape index (κ2) is 8.38. The lowest BCUT2D eigenvalue weighted by atomic mass is 10.3. The summed E-state index contributed by atoms with van der Waals surface area (Å²) in [6, 6.07) is 0. The molecule has 3 nitrogen and oxygen atoms in total. The standard InChI is InChI=1S/C10H24N2OS/c1-4-12(5-2)8-9-14(13)10(3)6-7-11/h10H,4-9,11H2,1-3H3. The van der Waals surface area contributed by atoms with Crippen molar-refractivity contribution < 1.29 is 4.21 Å². The van der Waals surface area contributed by atoms with Crippen LogP contribution in [-0.4, -0.2) is 46.3 Å². The van der Waals surface area contributed by atoms with E-state index in [4.69, 9.17) is 5.73 Å². The number of nitrogens with zero attached hydrogens (tertiary/aromatic N) is 1. The van der Waals surface area contributed by atoms with Crippen molar-refractivity contribution in [3.05, 3.63) is 0 Å². The Morgan fingerprint density at radius 1 is 1.36 bits per heavy atom. The first-order valence-corrected chi connectivity index (χ1v) is 6.83. The summed E-state index contributed by atoms with van der Waals surface area (Å²) in [6.45, 7) is 9.95. The van der Waals surface area contributed by atoms with Crippen LogP contribution in [0, 0.1) is 0 Å². The van der Waals surface area contributed by atoms with Gasteiger partial charge >= 0.3 is 0 Å². The summed E-state index contributed by atoms with van der Waals surface area (Å²) < 4.78 is 11.7. The van der Waals surface area contributed by atoms with Gasteiger partial charge in [-0.05, 0) is 26.1 Å².